The average molecular weight is 309 g/mol. The number of hydrogen-bond donors (Lipinski definition) is 1. The van der Waals surface area contributed by atoms with Gasteiger partial charge in [-0.2, -0.15) is 0 Å². The van der Waals surface area contributed by atoms with Crippen LogP contribution in [0.3, 0.4) is 0 Å². The molecule has 0 saturated carbocycles. The Labute approximate surface area is 137 Å². The third-order valence-electron chi connectivity index (χ3n) is 4.19. The highest BCUT2D eigenvalue weighted by molar-refractivity contribution is 5.92. The second kappa shape index (κ2) is 6.82. The first-order valence-electron chi connectivity index (χ1n) is 8.19. The molecule has 2 aromatic rings. The highest BCUT2D eigenvalue weighted by Crippen LogP contribution is 2.27. The number of pyridine rings is 1. The van der Waals surface area contributed by atoms with Crippen LogP contribution >= 0.6 is 0 Å². The van der Waals surface area contributed by atoms with Crippen molar-refractivity contribution in [2.75, 3.05) is 11.4 Å². The van der Waals surface area contributed by atoms with Crippen molar-refractivity contribution in [3.05, 3.63) is 59.4 Å². The molecule has 0 radical (unpaired) electrons. The summed E-state index contributed by atoms with van der Waals surface area (Å²) in [6.07, 6.45) is 2.78. The quantitative estimate of drug-likeness (QED) is 0.921. The zero-order valence-corrected chi connectivity index (χ0v) is 13.7. The van der Waals surface area contributed by atoms with Gasteiger partial charge in [-0.25, -0.2) is 4.98 Å². The van der Waals surface area contributed by atoms with Crippen LogP contribution in [-0.2, 0) is 13.1 Å². The Morgan fingerprint density at radius 2 is 1.87 bits per heavy atom. The third-order valence-corrected chi connectivity index (χ3v) is 4.19. The van der Waals surface area contributed by atoms with E-state index in [1.807, 2.05) is 12.1 Å². The minimum absolute atomic E-state index is 0.0955. The summed E-state index contributed by atoms with van der Waals surface area (Å²) in [7, 11) is 0. The number of nitrogens with one attached hydrogen (secondary N) is 1. The smallest absolute Gasteiger partial charge is 0.269 e. The lowest BCUT2D eigenvalue weighted by molar-refractivity contribution is 0.0947. The van der Waals surface area contributed by atoms with Crippen molar-refractivity contribution < 1.29 is 4.79 Å². The molecule has 0 atom stereocenters. The maximum absolute atomic E-state index is 12.1. The number of carbonyl (C=O) groups excluding carboxylic acids is 1. The molecule has 3 rings (SSSR count). The van der Waals surface area contributed by atoms with Gasteiger partial charge in [-0.05, 0) is 35.6 Å². The van der Waals surface area contributed by atoms with Gasteiger partial charge in [0.25, 0.3) is 5.91 Å². The molecule has 1 aliphatic rings. The van der Waals surface area contributed by atoms with Gasteiger partial charge < -0.3 is 10.2 Å². The number of nitrogens with zero attached hydrogens (tertiary/aromatic N) is 2. The summed E-state index contributed by atoms with van der Waals surface area (Å²) in [5, 5.41) is 2.92. The van der Waals surface area contributed by atoms with E-state index >= 15 is 0 Å². The number of hydrogen-bond acceptors (Lipinski definition) is 3. The largest absolute Gasteiger partial charge is 0.362 e. The molecule has 2 heterocycles. The normalized spacial score (nSPS) is 13.3. The van der Waals surface area contributed by atoms with Crippen LogP contribution in [-0.4, -0.2) is 17.4 Å². The summed E-state index contributed by atoms with van der Waals surface area (Å²) in [5.74, 6) is 0.490. The van der Waals surface area contributed by atoms with Crippen molar-refractivity contribution in [1.82, 2.24) is 10.3 Å². The van der Waals surface area contributed by atoms with Crippen LogP contribution < -0.4 is 10.2 Å². The minimum atomic E-state index is -0.0955. The molecule has 0 aliphatic carbocycles. The van der Waals surface area contributed by atoms with Crippen molar-refractivity contribution >= 4 is 11.6 Å². The summed E-state index contributed by atoms with van der Waals surface area (Å²) in [6, 6.07) is 12.3. The monoisotopic (exact) mass is 309 g/mol. The van der Waals surface area contributed by atoms with Crippen LogP contribution in [0.4, 0.5) is 5.69 Å². The molecule has 0 saturated heterocycles. The van der Waals surface area contributed by atoms with Crippen molar-refractivity contribution in [2.24, 2.45) is 5.92 Å². The predicted octanol–water partition coefficient (Wildman–Crippen LogP) is 3.38. The number of carbonyl (C=O) groups is 1. The molecule has 0 unspecified atom stereocenters. The van der Waals surface area contributed by atoms with Crippen LogP contribution in [0.1, 0.15) is 41.9 Å². The lowest BCUT2D eigenvalue weighted by Gasteiger charge is -2.17. The molecule has 1 aromatic carbocycles. The van der Waals surface area contributed by atoms with E-state index in [1.165, 1.54) is 11.1 Å². The lowest BCUT2D eigenvalue weighted by Crippen LogP contribution is -2.26. The maximum atomic E-state index is 12.1. The van der Waals surface area contributed by atoms with Gasteiger partial charge in [0.05, 0.1) is 11.9 Å². The summed E-state index contributed by atoms with van der Waals surface area (Å²) in [4.78, 5) is 18.7. The molecule has 1 aliphatic heterocycles. The number of rotatable bonds is 5. The van der Waals surface area contributed by atoms with E-state index in [9.17, 15) is 4.79 Å². The van der Waals surface area contributed by atoms with Crippen LogP contribution in [0.15, 0.2) is 42.6 Å². The Bertz CT molecular complexity index is 654. The number of anilines is 1. The fraction of sp³-hybridized carbons (Fsp3) is 0.368. The molecule has 4 heteroatoms. The van der Waals surface area contributed by atoms with Crippen LogP contribution in [0.5, 0.6) is 0 Å². The maximum Gasteiger partial charge on any atom is 0.269 e. The van der Waals surface area contributed by atoms with E-state index in [4.69, 9.17) is 0 Å². The Balaban J connectivity index is 1.61. The standard InChI is InChI=1S/C19H23N3O/c1-14(2)9-10-20-19(23)18-8-7-17(11-21-18)22-12-15-5-3-4-6-16(15)13-22/h3-8,11,14H,9-10,12-13H2,1-2H3,(H,20,23). The molecule has 0 bridgehead atoms. The van der Waals surface area contributed by atoms with Crippen molar-refractivity contribution in [3.63, 3.8) is 0 Å². The van der Waals surface area contributed by atoms with Gasteiger partial charge in [-0.1, -0.05) is 38.1 Å². The average Bonchev–Trinajstić information content (AvgIpc) is 2.98. The highest BCUT2D eigenvalue weighted by atomic mass is 16.1. The Morgan fingerprint density at radius 3 is 2.43 bits per heavy atom. The first-order chi connectivity index (χ1) is 11.1. The molecule has 1 aromatic heterocycles. The fourth-order valence-electron chi connectivity index (χ4n) is 2.79. The topological polar surface area (TPSA) is 45.2 Å². The molecular formula is C19H23N3O. The highest BCUT2D eigenvalue weighted by Gasteiger charge is 2.19. The third kappa shape index (κ3) is 3.70. The summed E-state index contributed by atoms with van der Waals surface area (Å²) in [6.45, 7) is 6.79. The molecule has 120 valence electrons. The van der Waals surface area contributed by atoms with E-state index in [1.54, 1.807) is 6.20 Å². The Hall–Kier alpha value is -2.36. The minimum Gasteiger partial charge on any atom is -0.362 e. The summed E-state index contributed by atoms with van der Waals surface area (Å²) in [5.41, 5.74) is 4.26. The van der Waals surface area contributed by atoms with Gasteiger partial charge in [0.1, 0.15) is 5.69 Å². The van der Waals surface area contributed by atoms with Crippen molar-refractivity contribution in [3.8, 4) is 0 Å². The number of amides is 1. The van der Waals surface area contributed by atoms with Gasteiger partial charge in [0.2, 0.25) is 0 Å². The molecule has 0 spiro atoms. The Kier molecular flexibility index (Phi) is 4.60. The second-order valence-corrected chi connectivity index (χ2v) is 6.46. The zero-order chi connectivity index (χ0) is 16.2. The Morgan fingerprint density at radius 1 is 1.17 bits per heavy atom. The summed E-state index contributed by atoms with van der Waals surface area (Å²) >= 11 is 0. The number of fused-ring (bicyclic) bond motifs is 1. The van der Waals surface area contributed by atoms with Gasteiger partial charge in [-0.3, -0.25) is 4.79 Å². The number of aromatic nitrogens is 1. The second-order valence-electron chi connectivity index (χ2n) is 6.46. The van der Waals surface area contributed by atoms with E-state index in [0.717, 1.165) is 25.2 Å². The molecule has 0 fully saturated rings. The first-order valence-corrected chi connectivity index (χ1v) is 8.19. The van der Waals surface area contributed by atoms with E-state index in [0.29, 0.717) is 18.2 Å². The lowest BCUT2D eigenvalue weighted by atomic mass is 10.1. The van der Waals surface area contributed by atoms with Gasteiger partial charge in [-0.15, -0.1) is 0 Å². The van der Waals surface area contributed by atoms with Crippen molar-refractivity contribution in [2.45, 2.75) is 33.4 Å². The molecule has 23 heavy (non-hydrogen) atoms. The van der Waals surface area contributed by atoms with E-state index < -0.39 is 0 Å². The fourth-order valence-corrected chi connectivity index (χ4v) is 2.79. The van der Waals surface area contributed by atoms with Gasteiger partial charge in [0, 0.05) is 19.6 Å². The molecule has 1 amide bonds. The predicted molar refractivity (Wildman–Crippen MR) is 92.4 cm³/mol. The van der Waals surface area contributed by atoms with E-state index in [-0.39, 0.29) is 5.91 Å². The van der Waals surface area contributed by atoms with E-state index in [2.05, 4.69) is 53.3 Å². The van der Waals surface area contributed by atoms with Gasteiger partial charge >= 0.3 is 0 Å². The zero-order valence-electron chi connectivity index (χ0n) is 13.7. The number of benzene rings is 1. The molecule has 4 nitrogen and oxygen atoms in total. The first kappa shape index (κ1) is 15.5. The van der Waals surface area contributed by atoms with Gasteiger partial charge in [0.15, 0.2) is 0 Å². The van der Waals surface area contributed by atoms with Crippen LogP contribution in [0.25, 0.3) is 0 Å². The van der Waals surface area contributed by atoms with Crippen LogP contribution in [0, 0.1) is 5.92 Å². The van der Waals surface area contributed by atoms with Crippen LogP contribution in [0.2, 0.25) is 0 Å². The molecular weight excluding hydrogens is 286 g/mol. The van der Waals surface area contributed by atoms with Crippen molar-refractivity contribution in [1.29, 1.82) is 0 Å². The SMILES string of the molecule is CC(C)CCNC(=O)c1ccc(N2Cc3ccccc3C2)cn1. The molecule has 1 N–H and O–H groups in total. The summed E-state index contributed by atoms with van der Waals surface area (Å²) < 4.78 is 0.